The van der Waals surface area contributed by atoms with Gasteiger partial charge < -0.3 is 28.6 Å². The van der Waals surface area contributed by atoms with Crippen molar-refractivity contribution in [3.8, 4) is 28.7 Å². The molecule has 0 radical (unpaired) electrons. The number of fused-ring (bicyclic) bond motifs is 1. The van der Waals surface area contributed by atoms with Crippen LogP contribution >= 0.6 is 0 Å². The lowest BCUT2D eigenvalue weighted by Crippen LogP contribution is -2.28. The molecule has 0 atom stereocenters. The van der Waals surface area contributed by atoms with Gasteiger partial charge in [-0.1, -0.05) is 0 Å². The molecule has 0 unspecified atom stereocenters. The van der Waals surface area contributed by atoms with Crippen LogP contribution in [0.15, 0.2) is 16.5 Å². The van der Waals surface area contributed by atoms with E-state index in [1.807, 2.05) is 40.0 Å². The van der Waals surface area contributed by atoms with E-state index in [4.69, 9.17) is 18.6 Å². The van der Waals surface area contributed by atoms with E-state index in [0.717, 1.165) is 23.6 Å². The fourth-order valence-corrected chi connectivity index (χ4v) is 2.75. The highest BCUT2D eigenvalue weighted by molar-refractivity contribution is 5.66. The number of nitrogens with zero attached hydrogens (tertiary/aromatic N) is 2. The Morgan fingerprint density at radius 3 is 2.77 bits per heavy atom. The van der Waals surface area contributed by atoms with Crippen molar-refractivity contribution in [2.75, 3.05) is 27.5 Å². The molecule has 26 heavy (non-hydrogen) atoms. The van der Waals surface area contributed by atoms with Gasteiger partial charge >= 0.3 is 0 Å². The molecule has 0 saturated heterocycles. The lowest BCUT2D eigenvalue weighted by atomic mass is 10.1. The minimum atomic E-state index is -0.679. The Bertz CT molecular complexity index is 779. The van der Waals surface area contributed by atoms with Gasteiger partial charge in [0.1, 0.15) is 5.76 Å². The summed E-state index contributed by atoms with van der Waals surface area (Å²) in [5.41, 5.74) is 0.968. The largest absolute Gasteiger partial charge is 0.493 e. The maximum atomic E-state index is 9.87. The van der Waals surface area contributed by atoms with Crippen LogP contribution in [0.3, 0.4) is 0 Å². The molecule has 0 saturated carbocycles. The number of aliphatic hydroxyl groups is 1. The van der Waals surface area contributed by atoms with Crippen LogP contribution in [0.4, 0.5) is 0 Å². The molecule has 7 heteroatoms. The molecule has 2 aromatic rings. The molecule has 1 aliphatic heterocycles. The van der Waals surface area contributed by atoms with Gasteiger partial charge in [-0.05, 0) is 46.4 Å². The maximum Gasteiger partial charge on any atom is 0.231 e. The number of hydrogen-bond acceptors (Lipinski definition) is 7. The first-order chi connectivity index (χ1) is 12.3. The molecule has 7 nitrogen and oxygen atoms in total. The van der Waals surface area contributed by atoms with Crippen molar-refractivity contribution < 1.29 is 23.7 Å². The molecule has 0 aliphatic carbocycles. The Morgan fingerprint density at radius 2 is 2.08 bits per heavy atom. The number of methoxy groups -OCH3 is 1. The van der Waals surface area contributed by atoms with Crippen molar-refractivity contribution in [3.63, 3.8) is 0 Å². The van der Waals surface area contributed by atoms with Crippen molar-refractivity contribution in [1.82, 2.24) is 9.88 Å². The fourth-order valence-electron chi connectivity index (χ4n) is 2.75. The third-order valence-electron chi connectivity index (χ3n) is 4.32. The zero-order valence-corrected chi connectivity index (χ0v) is 16.0. The van der Waals surface area contributed by atoms with Gasteiger partial charge in [0, 0.05) is 18.7 Å². The Labute approximate surface area is 153 Å². The number of rotatable bonds is 7. The summed E-state index contributed by atoms with van der Waals surface area (Å²) in [4.78, 5) is 6.76. The predicted molar refractivity (Wildman–Crippen MR) is 96.6 cm³/mol. The van der Waals surface area contributed by atoms with E-state index in [0.29, 0.717) is 36.1 Å². The van der Waals surface area contributed by atoms with Crippen molar-refractivity contribution in [2.45, 2.75) is 39.3 Å². The highest BCUT2D eigenvalue weighted by Gasteiger charge is 2.23. The zero-order chi connectivity index (χ0) is 18.9. The summed E-state index contributed by atoms with van der Waals surface area (Å²) < 4.78 is 22.1. The van der Waals surface area contributed by atoms with Gasteiger partial charge in [0.05, 0.1) is 18.4 Å². The lowest BCUT2D eigenvalue weighted by molar-refractivity contribution is 0.0598. The molecule has 1 aromatic heterocycles. The van der Waals surface area contributed by atoms with E-state index in [1.54, 1.807) is 7.11 Å². The molecule has 0 fully saturated rings. The number of aromatic nitrogens is 1. The maximum absolute atomic E-state index is 9.87. The van der Waals surface area contributed by atoms with Crippen LogP contribution in [0.1, 0.15) is 31.7 Å². The summed E-state index contributed by atoms with van der Waals surface area (Å²) in [5.74, 6) is 3.11. The average molecular weight is 362 g/mol. The molecule has 142 valence electrons. The molecule has 1 aliphatic rings. The van der Waals surface area contributed by atoms with Crippen LogP contribution in [0.2, 0.25) is 0 Å². The van der Waals surface area contributed by atoms with Crippen molar-refractivity contribution in [1.29, 1.82) is 0 Å². The summed E-state index contributed by atoms with van der Waals surface area (Å²) in [6, 6.07) is 3.68. The summed E-state index contributed by atoms with van der Waals surface area (Å²) in [6.07, 6.45) is 0.687. The number of ether oxygens (including phenoxy) is 3. The number of benzene rings is 1. The second-order valence-corrected chi connectivity index (χ2v) is 7.23. The van der Waals surface area contributed by atoms with Crippen LogP contribution < -0.4 is 14.2 Å². The van der Waals surface area contributed by atoms with Gasteiger partial charge in [-0.3, -0.25) is 0 Å². The van der Waals surface area contributed by atoms with Crippen LogP contribution in [-0.2, 0) is 6.54 Å². The minimum absolute atomic E-state index is 0.178. The first-order valence-corrected chi connectivity index (χ1v) is 8.62. The fraction of sp³-hybridized carbons (Fsp3) is 0.526. The third-order valence-corrected chi connectivity index (χ3v) is 4.32. The normalized spacial score (nSPS) is 13.5. The smallest absolute Gasteiger partial charge is 0.231 e. The van der Waals surface area contributed by atoms with Crippen molar-refractivity contribution in [2.24, 2.45) is 0 Å². The second-order valence-electron chi connectivity index (χ2n) is 7.23. The number of hydrogen-bond donors (Lipinski definition) is 1. The van der Waals surface area contributed by atoms with E-state index in [-0.39, 0.29) is 6.79 Å². The predicted octanol–water partition coefficient (Wildman–Crippen LogP) is 2.98. The van der Waals surface area contributed by atoms with E-state index < -0.39 is 5.60 Å². The first kappa shape index (κ1) is 18.5. The average Bonchev–Trinajstić information content (AvgIpc) is 3.18. The SMILES string of the molecule is COc1cc(-c2nc(CN(C)CCC(C)(C)O)c(C)o2)cc2c1OCO2. The summed E-state index contributed by atoms with van der Waals surface area (Å²) >= 11 is 0. The zero-order valence-electron chi connectivity index (χ0n) is 16.0. The topological polar surface area (TPSA) is 77.2 Å². The lowest BCUT2D eigenvalue weighted by Gasteiger charge is -2.22. The van der Waals surface area contributed by atoms with Gasteiger partial charge in [0.15, 0.2) is 11.5 Å². The molecule has 2 heterocycles. The molecule has 1 aromatic carbocycles. The molecule has 3 rings (SSSR count). The summed E-state index contributed by atoms with van der Waals surface area (Å²) in [5, 5.41) is 9.87. The first-order valence-electron chi connectivity index (χ1n) is 8.62. The number of aryl methyl sites for hydroxylation is 1. The Balaban J connectivity index is 1.78. The van der Waals surface area contributed by atoms with Crippen LogP contribution in [0, 0.1) is 6.92 Å². The van der Waals surface area contributed by atoms with Gasteiger partial charge in [-0.15, -0.1) is 0 Å². The van der Waals surface area contributed by atoms with Crippen LogP contribution in [0.5, 0.6) is 17.2 Å². The molecular weight excluding hydrogens is 336 g/mol. The monoisotopic (exact) mass is 362 g/mol. The summed E-state index contributed by atoms with van der Waals surface area (Å²) in [6.45, 7) is 7.12. The van der Waals surface area contributed by atoms with E-state index >= 15 is 0 Å². The van der Waals surface area contributed by atoms with E-state index in [2.05, 4.69) is 9.88 Å². The standard InChI is InChI=1S/C19H26N2O5/c1-12-14(10-21(4)7-6-19(2,3)22)20-18(26-12)13-8-15(23-5)17-16(9-13)24-11-25-17/h8-9,22H,6-7,10-11H2,1-5H3. The van der Waals surface area contributed by atoms with E-state index in [9.17, 15) is 5.11 Å². The minimum Gasteiger partial charge on any atom is -0.493 e. The van der Waals surface area contributed by atoms with E-state index in [1.165, 1.54) is 0 Å². The van der Waals surface area contributed by atoms with Crippen molar-refractivity contribution >= 4 is 0 Å². The Morgan fingerprint density at radius 1 is 1.31 bits per heavy atom. The Kier molecular flexibility index (Phi) is 5.11. The van der Waals surface area contributed by atoms with Gasteiger partial charge in [0.2, 0.25) is 18.4 Å². The highest BCUT2D eigenvalue weighted by atomic mass is 16.7. The van der Waals surface area contributed by atoms with Crippen molar-refractivity contribution in [3.05, 3.63) is 23.6 Å². The molecule has 0 amide bonds. The molecular formula is C19H26N2O5. The molecule has 1 N–H and O–H groups in total. The van der Waals surface area contributed by atoms with Gasteiger partial charge in [-0.25, -0.2) is 4.98 Å². The molecule has 0 bridgehead atoms. The Hall–Kier alpha value is -2.25. The van der Waals surface area contributed by atoms with Crippen LogP contribution in [-0.4, -0.2) is 48.1 Å². The van der Waals surface area contributed by atoms with Gasteiger partial charge in [0.25, 0.3) is 0 Å². The third kappa shape index (κ3) is 4.11. The second kappa shape index (κ2) is 7.17. The molecule has 0 spiro atoms. The number of oxazole rings is 1. The quantitative estimate of drug-likeness (QED) is 0.811. The van der Waals surface area contributed by atoms with Gasteiger partial charge in [-0.2, -0.15) is 0 Å². The van der Waals surface area contributed by atoms with Crippen LogP contribution in [0.25, 0.3) is 11.5 Å². The summed E-state index contributed by atoms with van der Waals surface area (Å²) in [7, 11) is 3.59. The highest BCUT2D eigenvalue weighted by Crippen LogP contribution is 2.44.